The Hall–Kier alpha value is -2.20. The van der Waals surface area contributed by atoms with Gasteiger partial charge < -0.3 is 4.57 Å². The first-order valence-electron chi connectivity index (χ1n) is 9.38. The van der Waals surface area contributed by atoms with Crippen LogP contribution in [0.3, 0.4) is 0 Å². The summed E-state index contributed by atoms with van der Waals surface area (Å²) < 4.78 is 29.5. The van der Waals surface area contributed by atoms with Crippen LogP contribution in [0.2, 0.25) is 0 Å². The van der Waals surface area contributed by atoms with Gasteiger partial charge in [0.05, 0.1) is 0 Å². The number of rotatable bonds is 3. The van der Waals surface area contributed by atoms with Crippen LogP contribution in [0.15, 0.2) is 42.5 Å². The second-order valence-electron chi connectivity index (χ2n) is 7.67. The van der Waals surface area contributed by atoms with Crippen LogP contribution in [0.5, 0.6) is 0 Å². The first-order chi connectivity index (χ1) is 12.6. The molecule has 2 aromatic carbocycles. The van der Waals surface area contributed by atoms with E-state index in [1.807, 2.05) is 18.2 Å². The Morgan fingerprint density at radius 1 is 1.00 bits per heavy atom. The van der Waals surface area contributed by atoms with Crippen LogP contribution in [-0.4, -0.2) is 22.6 Å². The summed E-state index contributed by atoms with van der Waals surface area (Å²) in [5, 5.41) is 1.07. The number of nitrogens with zero attached hydrogens (tertiary/aromatic N) is 2. The molecule has 0 spiro atoms. The number of halogens is 2. The van der Waals surface area contributed by atoms with Crippen molar-refractivity contribution in [1.29, 1.82) is 0 Å². The van der Waals surface area contributed by atoms with Crippen molar-refractivity contribution in [1.82, 2.24) is 9.47 Å². The Morgan fingerprint density at radius 2 is 1.77 bits per heavy atom. The second-order valence-corrected chi connectivity index (χ2v) is 7.67. The highest BCUT2D eigenvalue weighted by Crippen LogP contribution is 2.46. The van der Waals surface area contributed by atoms with E-state index in [-0.39, 0.29) is 11.6 Å². The monoisotopic (exact) mass is 352 g/mol. The fraction of sp³-hybridized carbons (Fsp3) is 0.364. The van der Waals surface area contributed by atoms with Gasteiger partial charge in [-0.1, -0.05) is 12.1 Å². The van der Waals surface area contributed by atoms with Gasteiger partial charge in [0.2, 0.25) is 0 Å². The van der Waals surface area contributed by atoms with E-state index >= 15 is 0 Å². The van der Waals surface area contributed by atoms with Crippen molar-refractivity contribution >= 4 is 10.9 Å². The van der Waals surface area contributed by atoms with Crippen molar-refractivity contribution in [2.75, 3.05) is 7.05 Å². The third-order valence-electron chi connectivity index (χ3n) is 6.32. The molecule has 3 aromatic rings. The van der Waals surface area contributed by atoms with E-state index in [1.54, 1.807) is 12.1 Å². The van der Waals surface area contributed by atoms with Gasteiger partial charge in [-0.25, -0.2) is 8.78 Å². The molecule has 0 aliphatic carbocycles. The van der Waals surface area contributed by atoms with Crippen molar-refractivity contribution in [3.8, 4) is 0 Å². The lowest BCUT2D eigenvalue weighted by Gasteiger charge is -2.32. The van der Waals surface area contributed by atoms with Crippen LogP contribution in [-0.2, 0) is 19.4 Å². The van der Waals surface area contributed by atoms with E-state index < -0.39 is 0 Å². The van der Waals surface area contributed by atoms with Crippen LogP contribution in [0.25, 0.3) is 10.9 Å². The lowest BCUT2D eigenvalue weighted by Crippen LogP contribution is -2.34. The molecule has 5 rings (SSSR count). The topological polar surface area (TPSA) is 8.17 Å². The molecule has 3 heterocycles. The number of aromatic nitrogens is 1. The lowest BCUT2D eigenvalue weighted by molar-refractivity contribution is 0.222. The van der Waals surface area contributed by atoms with Gasteiger partial charge in [-0.05, 0) is 67.8 Å². The molecule has 134 valence electrons. The molecule has 26 heavy (non-hydrogen) atoms. The first-order valence-corrected chi connectivity index (χ1v) is 9.38. The fourth-order valence-electron chi connectivity index (χ4n) is 4.97. The fourth-order valence-corrected chi connectivity index (χ4v) is 4.97. The summed E-state index contributed by atoms with van der Waals surface area (Å²) in [6, 6.07) is 12.9. The summed E-state index contributed by atoms with van der Waals surface area (Å²) in [6.07, 6.45) is 4.24. The molecule has 2 atom stereocenters. The Bertz CT molecular complexity index is 974. The molecule has 2 nitrogen and oxygen atoms in total. The highest BCUT2D eigenvalue weighted by molar-refractivity contribution is 5.86. The van der Waals surface area contributed by atoms with Crippen molar-refractivity contribution in [3.63, 3.8) is 0 Å². The molecule has 2 bridgehead atoms. The number of hydrogen-bond donors (Lipinski definition) is 0. The molecule has 4 heteroatoms. The largest absolute Gasteiger partial charge is 0.344 e. The van der Waals surface area contributed by atoms with Gasteiger partial charge in [0.1, 0.15) is 11.6 Å². The molecule has 0 saturated carbocycles. The molecule has 0 radical (unpaired) electrons. The van der Waals surface area contributed by atoms with Crippen molar-refractivity contribution in [3.05, 3.63) is 70.9 Å². The van der Waals surface area contributed by atoms with Gasteiger partial charge in [-0.3, -0.25) is 4.90 Å². The minimum Gasteiger partial charge on any atom is -0.344 e. The van der Waals surface area contributed by atoms with E-state index in [9.17, 15) is 8.78 Å². The van der Waals surface area contributed by atoms with Crippen LogP contribution in [0, 0.1) is 11.6 Å². The van der Waals surface area contributed by atoms with Gasteiger partial charge in [-0.2, -0.15) is 0 Å². The molecular formula is C22H22F2N2. The average Bonchev–Trinajstić information content (AvgIpc) is 3.04. The van der Waals surface area contributed by atoms with Crippen LogP contribution in [0.1, 0.15) is 35.7 Å². The molecule has 1 saturated heterocycles. The zero-order valence-corrected chi connectivity index (χ0v) is 14.9. The Kier molecular flexibility index (Phi) is 3.64. The number of aryl methyl sites for hydroxylation is 2. The third-order valence-corrected chi connectivity index (χ3v) is 6.32. The minimum atomic E-state index is -0.201. The first kappa shape index (κ1) is 16.0. The molecule has 1 aromatic heterocycles. The molecule has 1 fully saturated rings. The number of hydrogen-bond acceptors (Lipinski definition) is 1. The van der Waals surface area contributed by atoms with Gasteiger partial charge in [0.15, 0.2) is 0 Å². The van der Waals surface area contributed by atoms with Crippen LogP contribution >= 0.6 is 0 Å². The van der Waals surface area contributed by atoms with Crippen molar-refractivity contribution in [2.24, 2.45) is 0 Å². The predicted molar refractivity (Wildman–Crippen MR) is 99.2 cm³/mol. The maximum absolute atomic E-state index is 14.0. The summed E-state index contributed by atoms with van der Waals surface area (Å²) >= 11 is 0. The Labute approximate surface area is 152 Å². The molecule has 0 amide bonds. The van der Waals surface area contributed by atoms with E-state index in [2.05, 4.69) is 16.5 Å². The van der Waals surface area contributed by atoms with Gasteiger partial charge in [0, 0.05) is 41.6 Å². The highest BCUT2D eigenvalue weighted by atomic mass is 19.1. The smallest absolute Gasteiger partial charge is 0.123 e. The van der Waals surface area contributed by atoms with E-state index in [1.165, 1.54) is 29.8 Å². The summed E-state index contributed by atoms with van der Waals surface area (Å²) in [5.74, 6) is -0.369. The summed E-state index contributed by atoms with van der Waals surface area (Å²) in [7, 11) is 2.20. The number of benzene rings is 2. The average molecular weight is 352 g/mol. The zero-order chi connectivity index (χ0) is 17.8. The molecule has 2 aliphatic heterocycles. The van der Waals surface area contributed by atoms with Crippen molar-refractivity contribution < 1.29 is 8.78 Å². The molecule has 2 aliphatic rings. The van der Waals surface area contributed by atoms with Gasteiger partial charge >= 0.3 is 0 Å². The maximum atomic E-state index is 14.0. The maximum Gasteiger partial charge on any atom is 0.123 e. The quantitative estimate of drug-likeness (QED) is 0.654. The molecule has 0 unspecified atom stereocenters. The van der Waals surface area contributed by atoms with E-state index in [0.717, 1.165) is 42.3 Å². The minimum absolute atomic E-state index is 0.168. The highest BCUT2D eigenvalue weighted by Gasteiger charge is 2.40. The normalized spacial score (nSPS) is 22.1. The van der Waals surface area contributed by atoms with E-state index in [0.29, 0.717) is 12.1 Å². The SMILES string of the molecule is CN1[C@H]2CC[C@@H]1c1c(n(CCc3ccc(F)cc3)c3ccc(F)cc13)C2. The molecule has 0 N–H and O–H groups in total. The summed E-state index contributed by atoms with van der Waals surface area (Å²) in [4.78, 5) is 2.47. The summed E-state index contributed by atoms with van der Waals surface area (Å²) in [6.45, 7) is 0.840. The summed E-state index contributed by atoms with van der Waals surface area (Å²) in [5.41, 5.74) is 4.95. The van der Waals surface area contributed by atoms with E-state index in [4.69, 9.17) is 0 Å². The lowest BCUT2D eigenvalue weighted by atomic mass is 9.97. The molecular weight excluding hydrogens is 330 g/mol. The van der Waals surface area contributed by atoms with Crippen LogP contribution < -0.4 is 0 Å². The Morgan fingerprint density at radius 3 is 2.58 bits per heavy atom. The zero-order valence-electron chi connectivity index (χ0n) is 14.9. The third kappa shape index (κ3) is 2.39. The van der Waals surface area contributed by atoms with Crippen LogP contribution in [0.4, 0.5) is 8.78 Å². The Balaban J connectivity index is 1.59. The predicted octanol–water partition coefficient (Wildman–Crippen LogP) is 4.85. The number of likely N-dealkylation sites (N-methyl/N-ethyl adjacent to an activating group) is 1. The standard InChI is InChI=1S/C22H22F2N2/c1-25-17-7-9-20(25)22-18-12-16(24)6-8-19(18)26(21(22)13-17)11-10-14-2-4-15(23)5-3-14/h2-6,8,12,17,20H,7,9-11,13H2,1H3/t17-,20+/m0/s1. The van der Waals surface area contributed by atoms with Gasteiger partial charge in [-0.15, -0.1) is 0 Å². The number of fused-ring (bicyclic) bond motifs is 6. The van der Waals surface area contributed by atoms with Gasteiger partial charge in [0.25, 0.3) is 0 Å². The van der Waals surface area contributed by atoms with Crippen molar-refractivity contribution in [2.45, 2.75) is 44.3 Å². The second kappa shape index (κ2) is 5.92.